The Labute approximate surface area is 81.7 Å². The molecular formula is C9H12N2OS. The Balaban J connectivity index is 2.71. The molecule has 0 fully saturated rings. The quantitative estimate of drug-likeness (QED) is 0.551. The summed E-state index contributed by atoms with van der Waals surface area (Å²) in [5.41, 5.74) is 6.23. The highest BCUT2D eigenvalue weighted by Crippen LogP contribution is 2.25. The van der Waals surface area contributed by atoms with Crippen molar-refractivity contribution >= 4 is 23.9 Å². The van der Waals surface area contributed by atoms with Crippen molar-refractivity contribution in [3.05, 3.63) is 24.3 Å². The van der Waals surface area contributed by atoms with Crippen molar-refractivity contribution in [2.45, 2.75) is 4.90 Å². The Kier molecular flexibility index (Phi) is 4.35. The second kappa shape index (κ2) is 5.61. The molecule has 13 heavy (non-hydrogen) atoms. The summed E-state index contributed by atoms with van der Waals surface area (Å²) < 4.78 is 0. The Morgan fingerprint density at radius 1 is 1.46 bits per heavy atom. The van der Waals surface area contributed by atoms with Crippen LogP contribution in [0.5, 0.6) is 0 Å². The third-order valence-corrected chi connectivity index (χ3v) is 2.58. The molecule has 0 heterocycles. The van der Waals surface area contributed by atoms with E-state index in [0.29, 0.717) is 13.0 Å². The fourth-order valence-corrected chi connectivity index (χ4v) is 1.74. The van der Waals surface area contributed by atoms with Gasteiger partial charge >= 0.3 is 0 Å². The zero-order valence-corrected chi connectivity index (χ0v) is 8.01. The summed E-state index contributed by atoms with van der Waals surface area (Å²) in [7, 11) is 0. The van der Waals surface area contributed by atoms with Gasteiger partial charge in [0.15, 0.2) is 0 Å². The lowest BCUT2D eigenvalue weighted by atomic mass is 10.3. The molecule has 3 N–H and O–H groups in total. The van der Waals surface area contributed by atoms with E-state index in [-0.39, 0.29) is 0 Å². The average molecular weight is 196 g/mol. The van der Waals surface area contributed by atoms with Gasteiger partial charge in [-0.3, -0.25) is 4.79 Å². The number of nitrogens with two attached hydrogens (primary N) is 1. The summed E-state index contributed by atoms with van der Waals surface area (Å²) >= 11 is 1.64. The molecule has 0 aromatic heterocycles. The minimum Gasteiger partial charge on any atom is -0.330 e. The Morgan fingerprint density at radius 3 is 2.92 bits per heavy atom. The molecule has 1 aromatic rings. The number of anilines is 1. The molecule has 1 amide bonds. The van der Waals surface area contributed by atoms with E-state index in [0.717, 1.165) is 16.3 Å². The van der Waals surface area contributed by atoms with Crippen LogP contribution in [0.4, 0.5) is 5.69 Å². The normalized spacial score (nSPS) is 9.62. The zero-order valence-electron chi connectivity index (χ0n) is 7.19. The molecule has 0 unspecified atom stereocenters. The summed E-state index contributed by atoms with van der Waals surface area (Å²) in [4.78, 5) is 11.3. The number of carbonyl (C=O) groups excluding carboxylic acids is 1. The predicted octanol–water partition coefficient (Wildman–Crippen LogP) is 1.31. The van der Waals surface area contributed by atoms with Gasteiger partial charge in [0.1, 0.15) is 0 Å². The van der Waals surface area contributed by atoms with Gasteiger partial charge in [0.25, 0.3) is 0 Å². The number of para-hydroxylation sites is 1. The highest BCUT2D eigenvalue weighted by molar-refractivity contribution is 7.99. The Bertz CT molecular complexity index is 278. The van der Waals surface area contributed by atoms with E-state index in [9.17, 15) is 4.79 Å². The molecule has 0 saturated carbocycles. The number of rotatable bonds is 5. The predicted molar refractivity (Wildman–Crippen MR) is 55.9 cm³/mol. The van der Waals surface area contributed by atoms with Crippen molar-refractivity contribution in [2.75, 3.05) is 17.6 Å². The third-order valence-electron chi connectivity index (χ3n) is 1.48. The lowest BCUT2D eigenvalue weighted by Crippen LogP contribution is -2.02. The summed E-state index contributed by atoms with van der Waals surface area (Å²) in [6.07, 6.45) is 0.682. The monoisotopic (exact) mass is 196 g/mol. The summed E-state index contributed by atoms with van der Waals surface area (Å²) in [5, 5.41) is 2.64. The lowest BCUT2D eigenvalue weighted by Gasteiger charge is -2.05. The molecule has 4 heteroatoms. The van der Waals surface area contributed by atoms with Crippen molar-refractivity contribution in [3.8, 4) is 0 Å². The van der Waals surface area contributed by atoms with Gasteiger partial charge in [-0.25, -0.2) is 0 Å². The standard InChI is InChI=1S/C9H12N2OS/c10-5-6-13-9-4-2-1-3-8(9)11-7-12/h1-4,7H,5-6,10H2,(H,11,12). The Hall–Kier alpha value is -1.00. The molecule has 1 aromatic carbocycles. The van der Waals surface area contributed by atoms with Crippen LogP contribution in [0.15, 0.2) is 29.2 Å². The number of nitrogens with one attached hydrogen (secondary N) is 1. The second-order valence-electron chi connectivity index (χ2n) is 2.40. The first-order chi connectivity index (χ1) is 6.38. The van der Waals surface area contributed by atoms with Gasteiger partial charge in [-0.2, -0.15) is 0 Å². The van der Waals surface area contributed by atoms with Crippen LogP contribution in [-0.2, 0) is 4.79 Å². The van der Waals surface area contributed by atoms with Crippen molar-refractivity contribution in [2.24, 2.45) is 5.73 Å². The summed E-state index contributed by atoms with van der Waals surface area (Å²) in [5.74, 6) is 0.859. The maximum atomic E-state index is 10.3. The van der Waals surface area contributed by atoms with Crippen molar-refractivity contribution in [3.63, 3.8) is 0 Å². The van der Waals surface area contributed by atoms with Gasteiger partial charge in [-0.1, -0.05) is 12.1 Å². The Morgan fingerprint density at radius 2 is 2.23 bits per heavy atom. The van der Waals surface area contributed by atoms with Crippen molar-refractivity contribution in [1.82, 2.24) is 0 Å². The number of amides is 1. The first kappa shape index (κ1) is 10.1. The van der Waals surface area contributed by atoms with Gasteiger partial charge in [-0.05, 0) is 12.1 Å². The van der Waals surface area contributed by atoms with E-state index in [4.69, 9.17) is 5.73 Å². The van der Waals surface area contributed by atoms with Gasteiger partial charge in [0.2, 0.25) is 6.41 Å². The van der Waals surface area contributed by atoms with E-state index in [1.165, 1.54) is 0 Å². The molecular weight excluding hydrogens is 184 g/mol. The molecule has 0 aliphatic heterocycles. The first-order valence-electron chi connectivity index (χ1n) is 4.00. The maximum Gasteiger partial charge on any atom is 0.211 e. The van der Waals surface area contributed by atoms with Crippen molar-refractivity contribution in [1.29, 1.82) is 0 Å². The molecule has 0 aliphatic rings. The third kappa shape index (κ3) is 3.08. The lowest BCUT2D eigenvalue weighted by molar-refractivity contribution is -0.105. The van der Waals surface area contributed by atoms with Crippen LogP contribution >= 0.6 is 11.8 Å². The minimum atomic E-state index is 0.639. The topological polar surface area (TPSA) is 55.1 Å². The van der Waals surface area contributed by atoms with Crippen LogP contribution < -0.4 is 11.1 Å². The van der Waals surface area contributed by atoms with Crippen LogP contribution in [0, 0.1) is 0 Å². The molecule has 0 saturated heterocycles. The fourth-order valence-electron chi connectivity index (χ4n) is 0.944. The van der Waals surface area contributed by atoms with Crippen molar-refractivity contribution < 1.29 is 4.79 Å². The molecule has 0 spiro atoms. The highest BCUT2D eigenvalue weighted by Gasteiger charge is 1.99. The molecule has 70 valence electrons. The highest BCUT2D eigenvalue weighted by atomic mass is 32.2. The molecule has 0 radical (unpaired) electrons. The van der Waals surface area contributed by atoms with Gasteiger partial charge in [-0.15, -0.1) is 11.8 Å². The second-order valence-corrected chi connectivity index (χ2v) is 3.53. The van der Waals surface area contributed by atoms with Crippen LogP contribution in [0.3, 0.4) is 0 Å². The van der Waals surface area contributed by atoms with Crippen LogP contribution in [0.2, 0.25) is 0 Å². The van der Waals surface area contributed by atoms with Gasteiger partial charge < -0.3 is 11.1 Å². The minimum absolute atomic E-state index is 0.639. The largest absolute Gasteiger partial charge is 0.330 e. The number of benzene rings is 1. The van der Waals surface area contributed by atoms with Crippen LogP contribution in [0.1, 0.15) is 0 Å². The number of hydrogen-bond donors (Lipinski definition) is 2. The molecule has 0 atom stereocenters. The number of carbonyl (C=O) groups is 1. The smallest absolute Gasteiger partial charge is 0.211 e. The molecule has 1 rings (SSSR count). The number of thioether (sulfide) groups is 1. The summed E-state index contributed by atoms with van der Waals surface area (Å²) in [6, 6.07) is 7.66. The van der Waals surface area contributed by atoms with E-state index in [2.05, 4.69) is 5.32 Å². The molecule has 3 nitrogen and oxygen atoms in total. The average Bonchev–Trinajstić information content (AvgIpc) is 2.17. The maximum absolute atomic E-state index is 10.3. The zero-order chi connectivity index (χ0) is 9.52. The summed E-state index contributed by atoms with van der Waals surface area (Å²) in [6.45, 7) is 0.639. The van der Waals surface area contributed by atoms with Gasteiger partial charge in [0.05, 0.1) is 5.69 Å². The van der Waals surface area contributed by atoms with E-state index in [1.54, 1.807) is 11.8 Å². The van der Waals surface area contributed by atoms with Gasteiger partial charge in [0, 0.05) is 17.2 Å². The SMILES string of the molecule is NCCSc1ccccc1NC=O. The number of hydrogen-bond acceptors (Lipinski definition) is 3. The van der Waals surface area contributed by atoms with E-state index < -0.39 is 0 Å². The van der Waals surface area contributed by atoms with Crippen LogP contribution in [-0.4, -0.2) is 18.7 Å². The first-order valence-corrected chi connectivity index (χ1v) is 4.99. The van der Waals surface area contributed by atoms with E-state index >= 15 is 0 Å². The fraction of sp³-hybridized carbons (Fsp3) is 0.222. The van der Waals surface area contributed by atoms with Crippen LogP contribution in [0.25, 0.3) is 0 Å². The van der Waals surface area contributed by atoms with E-state index in [1.807, 2.05) is 24.3 Å². The molecule has 0 aliphatic carbocycles. The molecule has 0 bridgehead atoms.